The third kappa shape index (κ3) is 8.22. The number of carboxylic acids is 1. The summed E-state index contributed by atoms with van der Waals surface area (Å²) in [6.45, 7) is -1.01. The number of carboxylic acid groups (broad SMARTS) is 1. The van der Waals surface area contributed by atoms with E-state index in [1.54, 1.807) is 0 Å². The molecule has 0 aliphatic rings. The monoisotopic (exact) mass is 346 g/mol. The van der Waals surface area contributed by atoms with Gasteiger partial charge in [-0.25, -0.2) is 8.78 Å². The Balaban J connectivity index is 4.48. The van der Waals surface area contributed by atoms with E-state index < -0.39 is 53.8 Å². The second-order valence-corrected chi connectivity index (χ2v) is 6.56. The Morgan fingerprint density at radius 3 is 2.05 bits per heavy atom. The number of hydrogen-bond donors (Lipinski definition) is 7. The summed E-state index contributed by atoms with van der Waals surface area (Å²) in [5, 5.41) is 17.7. The Kier molecular flexibility index (Phi) is 7.18. The maximum atomic E-state index is 12.5. The molecule has 0 aromatic heterocycles. The lowest BCUT2D eigenvalue weighted by molar-refractivity contribution is -0.155. The maximum Gasteiger partial charge on any atom is 0.620 e. The van der Waals surface area contributed by atoms with Crippen molar-refractivity contribution in [2.24, 2.45) is 0 Å². The second-order valence-electron chi connectivity index (χ2n) is 3.64. The molecule has 120 valence electrons. The molecule has 0 aromatic carbocycles. The van der Waals surface area contributed by atoms with E-state index in [0.717, 1.165) is 0 Å². The lowest BCUT2D eigenvalue weighted by Crippen LogP contribution is -2.40. The van der Waals surface area contributed by atoms with Crippen molar-refractivity contribution >= 4 is 22.3 Å². The molecular formula is C6H14F2O10P2+2. The summed E-state index contributed by atoms with van der Waals surface area (Å²) < 4.78 is 32.7. The zero-order chi connectivity index (χ0) is 16.2. The SMILES string of the molecule is O=C(O)CC(O)(CCO[P+](O)(O)O[P+](O)(O)O)C(F)F. The molecule has 0 saturated carbocycles. The van der Waals surface area contributed by atoms with Crippen LogP contribution in [0.5, 0.6) is 0 Å². The van der Waals surface area contributed by atoms with Crippen LogP contribution in [0, 0.1) is 0 Å². The first-order valence-electron chi connectivity index (χ1n) is 4.77. The molecule has 0 heterocycles. The third-order valence-electron chi connectivity index (χ3n) is 1.87. The molecule has 0 aromatic rings. The van der Waals surface area contributed by atoms with Crippen molar-refractivity contribution in [1.29, 1.82) is 0 Å². The smallest absolute Gasteiger partial charge is 0.481 e. The lowest BCUT2D eigenvalue weighted by atomic mass is 9.97. The van der Waals surface area contributed by atoms with Gasteiger partial charge in [0.15, 0.2) is 0 Å². The number of hydrogen-bond acceptors (Lipinski definition) is 9. The number of rotatable bonds is 9. The molecular weight excluding hydrogens is 332 g/mol. The van der Waals surface area contributed by atoms with E-state index in [9.17, 15) is 18.7 Å². The minimum Gasteiger partial charge on any atom is -0.481 e. The molecule has 14 heteroatoms. The van der Waals surface area contributed by atoms with Gasteiger partial charge in [-0.2, -0.15) is 29.0 Å². The Labute approximate surface area is 112 Å². The fraction of sp³-hybridized carbons (Fsp3) is 0.833. The van der Waals surface area contributed by atoms with E-state index in [0.29, 0.717) is 0 Å². The van der Waals surface area contributed by atoms with Gasteiger partial charge in [-0.15, -0.1) is 0 Å². The van der Waals surface area contributed by atoms with E-state index in [1.165, 1.54) is 0 Å². The van der Waals surface area contributed by atoms with Gasteiger partial charge < -0.3 is 10.2 Å². The summed E-state index contributed by atoms with van der Waals surface area (Å²) >= 11 is 0. The molecule has 20 heavy (non-hydrogen) atoms. The highest BCUT2D eigenvalue weighted by atomic mass is 31.3. The van der Waals surface area contributed by atoms with Gasteiger partial charge in [0.05, 0.1) is 10.7 Å². The summed E-state index contributed by atoms with van der Waals surface area (Å²) in [5.74, 6) is -1.72. The topological polar surface area (TPSA) is 177 Å². The quantitative estimate of drug-likeness (QED) is 0.261. The molecule has 7 N–H and O–H groups in total. The zero-order valence-corrected chi connectivity index (χ0v) is 11.5. The Morgan fingerprint density at radius 1 is 1.20 bits per heavy atom. The van der Waals surface area contributed by atoms with Crippen LogP contribution in [0.25, 0.3) is 0 Å². The van der Waals surface area contributed by atoms with Crippen LogP contribution in [-0.4, -0.2) is 59.3 Å². The summed E-state index contributed by atoms with van der Waals surface area (Å²) in [7, 11) is -9.96. The fourth-order valence-corrected chi connectivity index (χ4v) is 2.70. The average Bonchev–Trinajstić information content (AvgIpc) is 2.10. The first-order chi connectivity index (χ1) is 8.77. The minimum absolute atomic E-state index is 1.01. The van der Waals surface area contributed by atoms with Gasteiger partial charge in [-0.1, -0.05) is 0 Å². The highest BCUT2D eigenvalue weighted by Gasteiger charge is 2.58. The Bertz CT molecular complexity index is 334. The standard InChI is InChI=1S/C6H13F2O10P2/c7-5(8)6(11,3-4(9)10)1-2-17-20(15,16)18-19(12,13)14/h5,11-16H,1-3H2/q+1/p+1. The van der Waals surface area contributed by atoms with E-state index in [4.69, 9.17) is 29.6 Å². The average molecular weight is 346 g/mol. The van der Waals surface area contributed by atoms with Gasteiger partial charge in [-0.3, -0.25) is 4.79 Å². The lowest BCUT2D eigenvalue weighted by Gasteiger charge is -2.24. The number of aliphatic carboxylic acids is 1. The van der Waals surface area contributed by atoms with Gasteiger partial charge in [0.1, 0.15) is 12.2 Å². The van der Waals surface area contributed by atoms with Crippen molar-refractivity contribution in [2.45, 2.75) is 24.9 Å². The summed E-state index contributed by atoms with van der Waals surface area (Å²) in [6, 6.07) is 0. The van der Waals surface area contributed by atoms with Crippen LogP contribution in [-0.2, 0) is 13.6 Å². The van der Waals surface area contributed by atoms with Gasteiger partial charge in [0, 0.05) is 6.42 Å². The summed E-state index contributed by atoms with van der Waals surface area (Å²) in [5.41, 5.74) is -2.98. The summed E-state index contributed by atoms with van der Waals surface area (Å²) in [6.07, 6.45) is -5.79. The van der Waals surface area contributed by atoms with Gasteiger partial charge in [0.2, 0.25) is 0 Å². The zero-order valence-electron chi connectivity index (χ0n) is 9.70. The van der Waals surface area contributed by atoms with Crippen LogP contribution in [0.3, 0.4) is 0 Å². The molecule has 0 saturated heterocycles. The van der Waals surface area contributed by atoms with E-state index >= 15 is 0 Å². The molecule has 0 amide bonds. The van der Waals surface area contributed by atoms with Gasteiger partial charge >= 0.3 is 22.3 Å². The van der Waals surface area contributed by atoms with Crippen LogP contribution >= 0.6 is 16.3 Å². The normalized spacial score (nSPS) is 16.2. The molecule has 0 fully saturated rings. The van der Waals surface area contributed by atoms with Crippen molar-refractivity contribution < 1.29 is 57.1 Å². The first kappa shape index (κ1) is 19.9. The van der Waals surface area contributed by atoms with Crippen molar-refractivity contribution in [3.63, 3.8) is 0 Å². The molecule has 1 atom stereocenters. The molecule has 1 unspecified atom stereocenters. The van der Waals surface area contributed by atoms with Crippen molar-refractivity contribution in [2.75, 3.05) is 6.61 Å². The highest BCUT2D eigenvalue weighted by Crippen LogP contribution is 2.67. The van der Waals surface area contributed by atoms with Crippen molar-refractivity contribution in [3.8, 4) is 0 Å². The molecule has 0 aliphatic heterocycles. The van der Waals surface area contributed by atoms with E-state index in [2.05, 4.69) is 8.83 Å². The molecule has 10 nitrogen and oxygen atoms in total. The molecule has 0 spiro atoms. The highest BCUT2D eigenvalue weighted by molar-refractivity contribution is 7.67. The first-order valence-corrected chi connectivity index (χ1v) is 7.87. The largest absolute Gasteiger partial charge is 0.620 e. The fourth-order valence-electron chi connectivity index (χ4n) is 1.04. The number of aliphatic hydroxyl groups is 1. The number of carbonyl (C=O) groups is 1. The van der Waals surface area contributed by atoms with Gasteiger partial charge in [0.25, 0.3) is 6.43 Å². The van der Waals surface area contributed by atoms with Crippen LogP contribution in [0.4, 0.5) is 8.78 Å². The van der Waals surface area contributed by atoms with E-state index in [1.807, 2.05) is 0 Å². The van der Waals surface area contributed by atoms with Crippen LogP contribution < -0.4 is 0 Å². The third-order valence-corrected chi connectivity index (χ3v) is 4.12. The predicted molar refractivity (Wildman–Crippen MR) is 59.8 cm³/mol. The van der Waals surface area contributed by atoms with Crippen LogP contribution in [0.1, 0.15) is 12.8 Å². The maximum absolute atomic E-state index is 12.5. The molecule has 0 radical (unpaired) electrons. The molecule has 0 aliphatic carbocycles. The number of halogens is 2. The van der Waals surface area contributed by atoms with E-state index in [-0.39, 0.29) is 0 Å². The predicted octanol–water partition coefficient (Wildman–Crippen LogP) is -0.803. The van der Waals surface area contributed by atoms with Crippen LogP contribution in [0.2, 0.25) is 0 Å². The minimum atomic E-state index is -5.04. The Hall–Kier alpha value is -0.130. The number of alkyl halides is 2. The Morgan fingerprint density at radius 2 is 1.70 bits per heavy atom. The molecule has 0 rings (SSSR count). The van der Waals surface area contributed by atoms with Crippen LogP contribution in [0.15, 0.2) is 0 Å². The van der Waals surface area contributed by atoms with Crippen molar-refractivity contribution in [3.05, 3.63) is 0 Å². The molecule has 0 bridgehead atoms. The second kappa shape index (κ2) is 7.23. The van der Waals surface area contributed by atoms with Crippen molar-refractivity contribution in [1.82, 2.24) is 0 Å². The summed E-state index contributed by atoms with van der Waals surface area (Å²) in [4.78, 5) is 53.4. The van der Waals surface area contributed by atoms with Gasteiger partial charge in [-0.05, 0) is 0 Å².